The highest BCUT2D eigenvalue weighted by Crippen LogP contribution is 2.17. The van der Waals surface area contributed by atoms with Crippen molar-refractivity contribution < 1.29 is 18.3 Å². The average molecular weight is 318 g/mol. The van der Waals surface area contributed by atoms with E-state index in [4.69, 9.17) is 5.11 Å². The molecule has 1 heterocycles. The molecule has 1 rings (SSSR count). The number of hydrogen-bond acceptors (Lipinski definition) is 5. The summed E-state index contributed by atoms with van der Waals surface area (Å²) in [6.45, 7) is 1.83. The van der Waals surface area contributed by atoms with E-state index < -0.39 is 16.0 Å². The Kier molecular flexibility index (Phi) is 5.97. The molecule has 0 spiro atoms. The lowest BCUT2D eigenvalue weighted by Crippen LogP contribution is -2.35. The lowest BCUT2D eigenvalue weighted by molar-refractivity contribution is 0.0696. The molecule has 0 saturated carbocycles. The molecular weight excluding hydrogens is 300 g/mol. The van der Waals surface area contributed by atoms with Crippen LogP contribution in [0, 0.1) is 0 Å². The van der Waals surface area contributed by atoms with Gasteiger partial charge in [-0.25, -0.2) is 18.2 Å². The van der Waals surface area contributed by atoms with Gasteiger partial charge in [0.2, 0.25) is 0 Å². The first-order chi connectivity index (χ1) is 9.30. The van der Waals surface area contributed by atoms with Crippen molar-refractivity contribution in [2.45, 2.75) is 24.4 Å². The Morgan fingerprint density at radius 1 is 1.50 bits per heavy atom. The number of rotatable bonds is 7. The number of carboxylic acids is 1. The number of hydrogen-bond donors (Lipinski definition) is 1. The highest BCUT2D eigenvalue weighted by Gasteiger charge is 2.26. The molecule has 0 saturated heterocycles. The largest absolute Gasteiger partial charge is 0.478 e. The molecule has 1 N–H and O–H groups in total. The zero-order valence-corrected chi connectivity index (χ0v) is 13.2. The summed E-state index contributed by atoms with van der Waals surface area (Å²) < 4.78 is 25.9. The lowest BCUT2D eigenvalue weighted by Gasteiger charge is -2.23. The van der Waals surface area contributed by atoms with E-state index in [0.717, 1.165) is 18.4 Å². The van der Waals surface area contributed by atoms with Gasteiger partial charge in [-0.05, 0) is 37.5 Å². The molecule has 0 radical (unpaired) electrons. The van der Waals surface area contributed by atoms with Crippen LogP contribution in [0.4, 0.5) is 0 Å². The fourth-order valence-corrected chi connectivity index (χ4v) is 3.39. The summed E-state index contributed by atoms with van der Waals surface area (Å²) >= 11 is 1.66. The lowest BCUT2D eigenvalue weighted by atomic mass is 10.3. The number of thioether (sulfide) groups is 1. The second kappa shape index (κ2) is 7.05. The molecule has 0 aromatic carbocycles. The minimum absolute atomic E-state index is 0.0398. The molecule has 1 aromatic rings. The number of nitrogens with zero attached hydrogens (tertiary/aromatic N) is 2. The second-order valence-electron chi connectivity index (χ2n) is 4.34. The van der Waals surface area contributed by atoms with Crippen molar-refractivity contribution in [1.82, 2.24) is 9.29 Å². The van der Waals surface area contributed by atoms with Crippen LogP contribution < -0.4 is 0 Å². The minimum Gasteiger partial charge on any atom is -0.478 e. The molecule has 1 aromatic heterocycles. The summed E-state index contributed by atoms with van der Waals surface area (Å²) in [5.41, 5.74) is -0.0398. The average Bonchev–Trinajstić information content (AvgIpc) is 2.43. The van der Waals surface area contributed by atoms with Crippen LogP contribution in [-0.2, 0) is 10.0 Å². The van der Waals surface area contributed by atoms with Gasteiger partial charge in [-0.1, -0.05) is 0 Å². The number of carbonyl (C=O) groups is 1. The molecule has 20 heavy (non-hydrogen) atoms. The van der Waals surface area contributed by atoms with Crippen molar-refractivity contribution in [2.75, 3.05) is 19.1 Å². The quantitative estimate of drug-likeness (QED) is 0.820. The van der Waals surface area contributed by atoms with Crippen LogP contribution in [0.25, 0.3) is 0 Å². The van der Waals surface area contributed by atoms with E-state index >= 15 is 0 Å². The maximum absolute atomic E-state index is 12.3. The predicted octanol–water partition coefficient (Wildman–Crippen LogP) is 1.54. The zero-order valence-electron chi connectivity index (χ0n) is 11.6. The first kappa shape index (κ1) is 16.9. The standard InChI is InChI=1S/C12H18N2O4S2/c1-9(6-7-19-3)14(2)20(17,18)11-5-4-10(8-13-11)12(15)16/h4-5,8-9H,6-7H2,1-3H3,(H,15,16). The van der Waals surface area contributed by atoms with Gasteiger partial charge in [0.1, 0.15) is 0 Å². The van der Waals surface area contributed by atoms with Crippen LogP contribution in [0.15, 0.2) is 23.4 Å². The molecular formula is C12H18N2O4S2. The number of sulfonamides is 1. The van der Waals surface area contributed by atoms with Crippen molar-refractivity contribution in [3.8, 4) is 0 Å². The maximum Gasteiger partial charge on any atom is 0.337 e. The van der Waals surface area contributed by atoms with Crippen molar-refractivity contribution in [3.63, 3.8) is 0 Å². The van der Waals surface area contributed by atoms with Crippen molar-refractivity contribution in [2.24, 2.45) is 0 Å². The zero-order chi connectivity index (χ0) is 15.3. The van der Waals surface area contributed by atoms with E-state index in [1.165, 1.54) is 23.5 Å². The van der Waals surface area contributed by atoms with Crippen molar-refractivity contribution >= 4 is 27.8 Å². The Labute approximate surface area is 123 Å². The van der Waals surface area contributed by atoms with Gasteiger partial charge in [-0.3, -0.25) is 0 Å². The summed E-state index contributed by atoms with van der Waals surface area (Å²) in [6, 6.07) is 2.31. The normalized spacial score (nSPS) is 13.4. The Balaban J connectivity index is 2.95. The Bertz CT molecular complexity index is 557. The molecule has 0 aliphatic carbocycles. The van der Waals surface area contributed by atoms with E-state index in [1.807, 2.05) is 13.2 Å². The Morgan fingerprint density at radius 2 is 2.15 bits per heavy atom. The maximum atomic E-state index is 12.3. The third kappa shape index (κ3) is 3.94. The molecule has 0 fully saturated rings. The second-order valence-corrected chi connectivity index (χ2v) is 7.27. The molecule has 112 valence electrons. The van der Waals surface area contributed by atoms with Crippen molar-refractivity contribution in [3.05, 3.63) is 23.9 Å². The van der Waals surface area contributed by atoms with Gasteiger partial charge in [-0.2, -0.15) is 16.1 Å². The monoisotopic (exact) mass is 318 g/mol. The van der Waals surface area contributed by atoms with Gasteiger partial charge in [-0.15, -0.1) is 0 Å². The van der Waals surface area contributed by atoms with E-state index in [9.17, 15) is 13.2 Å². The smallest absolute Gasteiger partial charge is 0.337 e. The van der Waals surface area contributed by atoms with Gasteiger partial charge in [0.15, 0.2) is 5.03 Å². The summed E-state index contributed by atoms with van der Waals surface area (Å²) in [5, 5.41) is 8.63. The first-order valence-corrected chi connectivity index (χ1v) is 8.80. The Hall–Kier alpha value is -1.12. The van der Waals surface area contributed by atoms with E-state index in [-0.39, 0.29) is 16.6 Å². The van der Waals surface area contributed by atoms with Crippen LogP contribution in [0.3, 0.4) is 0 Å². The van der Waals surface area contributed by atoms with E-state index in [1.54, 1.807) is 11.8 Å². The fourth-order valence-electron chi connectivity index (χ4n) is 1.51. The number of pyridine rings is 1. The molecule has 8 heteroatoms. The van der Waals surface area contributed by atoms with Crippen molar-refractivity contribution in [1.29, 1.82) is 0 Å². The summed E-state index contributed by atoms with van der Waals surface area (Å²) in [7, 11) is -2.18. The Morgan fingerprint density at radius 3 is 2.60 bits per heavy atom. The first-order valence-electron chi connectivity index (χ1n) is 5.97. The third-order valence-electron chi connectivity index (χ3n) is 2.99. The molecule has 0 amide bonds. The highest BCUT2D eigenvalue weighted by molar-refractivity contribution is 7.98. The van der Waals surface area contributed by atoms with E-state index in [0.29, 0.717) is 0 Å². The van der Waals surface area contributed by atoms with Gasteiger partial charge < -0.3 is 5.11 Å². The number of carboxylic acid groups (broad SMARTS) is 1. The van der Waals surface area contributed by atoms with Crippen LogP contribution in [-0.4, -0.2) is 53.9 Å². The highest BCUT2D eigenvalue weighted by atomic mass is 32.2. The fraction of sp³-hybridized carbons (Fsp3) is 0.500. The van der Waals surface area contributed by atoms with Crippen LogP contribution in [0.5, 0.6) is 0 Å². The van der Waals surface area contributed by atoms with E-state index in [2.05, 4.69) is 4.98 Å². The number of aromatic carboxylic acids is 1. The van der Waals surface area contributed by atoms with Gasteiger partial charge >= 0.3 is 5.97 Å². The molecule has 0 aliphatic heterocycles. The molecule has 1 atom stereocenters. The summed E-state index contributed by atoms with van der Waals surface area (Å²) in [6.07, 6.45) is 3.76. The topological polar surface area (TPSA) is 87.6 Å². The van der Waals surface area contributed by atoms with Gasteiger partial charge in [0.05, 0.1) is 5.56 Å². The summed E-state index contributed by atoms with van der Waals surface area (Å²) in [4.78, 5) is 14.5. The van der Waals surface area contributed by atoms with Gasteiger partial charge in [0, 0.05) is 19.3 Å². The molecule has 1 unspecified atom stereocenters. The summed E-state index contributed by atoms with van der Waals surface area (Å²) in [5.74, 6) is -0.269. The van der Waals surface area contributed by atoms with Crippen LogP contribution >= 0.6 is 11.8 Å². The SMILES string of the molecule is CSCCC(C)N(C)S(=O)(=O)c1ccc(C(=O)O)cn1. The third-order valence-corrected chi connectivity index (χ3v) is 5.52. The molecule has 6 nitrogen and oxygen atoms in total. The predicted molar refractivity (Wildman–Crippen MR) is 78.6 cm³/mol. The molecule has 0 aliphatic rings. The van der Waals surface area contributed by atoms with Crippen LogP contribution in [0.2, 0.25) is 0 Å². The minimum atomic E-state index is -3.69. The van der Waals surface area contributed by atoms with Crippen LogP contribution in [0.1, 0.15) is 23.7 Å². The van der Waals surface area contributed by atoms with Gasteiger partial charge in [0.25, 0.3) is 10.0 Å². The molecule has 0 bridgehead atoms. The number of aromatic nitrogens is 1.